The van der Waals surface area contributed by atoms with Crippen LogP contribution < -0.4 is 10.6 Å². The number of benzene rings is 1. The number of rotatable bonds is 7. The van der Waals surface area contributed by atoms with Gasteiger partial charge in [0, 0.05) is 19.2 Å². The third-order valence-electron chi connectivity index (χ3n) is 3.81. The van der Waals surface area contributed by atoms with Gasteiger partial charge in [0.05, 0.1) is 5.75 Å². The number of aryl methyl sites for hydroxylation is 1. The standard InChI is InChI=1S/C18H25N5O2S/c1-12(2)9-10-19-17(25)20-15(24)11-26-18-22-21-16(23(18)4)14-8-6-5-7-13(14)3/h5-8,12H,9-11H2,1-4H3,(H2,19,20,24,25). The zero-order valence-electron chi connectivity index (χ0n) is 15.6. The van der Waals surface area contributed by atoms with Crippen LogP contribution in [-0.2, 0) is 11.8 Å². The maximum atomic E-state index is 11.9. The smallest absolute Gasteiger partial charge is 0.321 e. The van der Waals surface area contributed by atoms with E-state index in [1.807, 2.05) is 42.8 Å². The number of amides is 3. The first-order chi connectivity index (χ1) is 12.4. The molecule has 26 heavy (non-hydrogen) atoms. The van der Waals surface area contributed by atoms with Crippen LogP contribution in [0.15, 0.2) is 29.4 Å². The van der Waals surface area contributed by atoms with Crippen LogP contribution in [0.3, 0.4) is 0 Å². The lowest BCUT2D eigenvalue weighted by Crippen LogP contribution is -2.40. The lowest BCUT2D eigenvalue weighted by atomic mass is 10.1. The van der Waals surface area contributed by atoms with E-state index < -0.39 is 6.03 Å². The van der Waals surface area contributed by atoms with Gasteiger partial charge in [-0.2, -0.15) is 0 Å². The van der Waals surface area contributed by atoms with Gasteiger partial charge in [0.1, 0.15) is 0 Å². The van der Waals surface area contributed by atoms with Gasteiger partial charge >= 0.3 is 6.03 Å². The van der Waals surface area contributed by atoms with E-state index in [2.05, 4.69) is 34.7 Å². The zero-order valence-corrected chi connectivity index (χ0v) is 16.4. The van der Waals surface area contributed by atoms with Crippen LogP contribution in [-0.4, -0.2) is 39.0 Å². The molecule has 0 aliphatic carbocycles. The summed E-state index contributed by atoms with van der Waals surface area (Å²) in [5.74, 6) is 0.979. The number of nitrogens with zero attached hydrogens (tertiary/aromatic N) is 3. The lowest BCUT2D eigenvalue weighted by Gasteiger charge is -2.08. The van der Waals surface area contributed by atoms with E-state index in [0.717, 1.165) is 23.4 Å². The highest BCUT2D eigenvalue weighted by molar-refractivity contribution is 7.99. The fraction of sp³-hybridized carbons (Fsp3) is 0.444. The van der Waals surface area contributed by atoms with Crippen LogP contribution in [0.25, 0.3) is 11.4 Å². The summed E-state index contributed by atoms with van der Waals surface area (Å²) in [6, 6.07) is 7.47. The van der Waals surface area contributed by atoms with Crippen molar-refractivity contribution in [1.82, 2.24) is 25.4 Å². The van der Waals surface area contributed by atoms with Crippen LogP contribution in [0.5, 0.6) is 0 Å². The van der Waals surface area contributed by atoms with Gasteiger partial charge in [-0.15, -0.1) is 10.2 Å². The molecule has 7 nitrogen and oxygen atoms in total. The van der Waals surface area contributed by atoms with Crippen molar-refractivity contribution in [2.75, 3.05) is 12.3 Å². The maximum Gasteiger partial charge on any atom is 0.321 e. The third-order valence-corrected chi connectivity index (χ3v) is 4.83. The Bertz CT molecular complexity index is 773. The molecule has 0 radical (unpaired) electrons. The minimum atomic E-state index is -0.463. The monoisotopic (exact) mass is 375 g/mol. The summed E-state index contributed by atoms with van der Waals surface area (Å²) in [7, 11) is 1.86. The predicted octanol–water partition coefficient (Wildman–Crippen LogP) is 2.75. The Morgan fingerprint density at radius 3 is 2.65 bits per heavy atom. The van der Waals surface area contributed by atoms with E-state index >= 15 is 0 Å². The number of hydrogen-bond donors (Lipinski definition) is 2. The minimum absolute atomic E-state index is 0.0946. The van der Waals surface area contributed by atoms with E-state index in [1.165, 1.54) is 11.8 Å². The number of aromatic nitrogens is 3. The van der Waals surface area contributed by atoms with Crippen LogP contribution in [0, 0.1) is 12.8 Å². The molecule has 0 aliphatic heterocycles. The molecular weight excluding hydrogens is 350 g/mol. The number of carbonyl (C=O) groups is 2. The molecule has 1 heterocycles. The normalized spacial score (nSPS) is 10.8. The molecule has 2 rings (SSSR count). The summed E-state index contributed by atoms with van der Waals surface area (Å²) in [5, 5.41) is 14.0. The first kappa shape index (κ1) is 20.0. The molecule has 2 N–H and O–H groups in total. The van der Waals surface area contributed by atoms with E-state index in [0.29, 0.717) is 17.6 Å². The molecule has 0 unspecified atom stereocenters. The van der Waals surface area contributed by atoms with Crippen LogP contribution >= 0.6 is 11.8 Å². The number of imide groups is 1. The van der Waals surface area contributed by atoms with E-state index in [1.54, 1.807) is 0 Å². The van der Waals surface area contributed by atoms with Crippen molar-refractivity contribution in [2.24, 2.45) is 13.0 Å². The van der Waals surface area contributed by atoms with Gasteiger partial charge in [-0.05, 0) is 24.8 Å². The van der Waals surface area contributed by atoms with Crippen molar-refractivity contribution in [3.63, 3.8) is 0 Å². The molecule has 1 aromatic carbocycles. The van der Waals surface area contributed by atoms with Gasteiger partial charge in [0.2, 0.25) is 5.91 Å². The zero-order chi connectivity index (χ0) is 19.1. The summed E-state index contributed by atoms with van der Waals surface area (Å²) in [6.07, 6.45) is 0.872. The van der Waals surface area contributed by atoms with Crippen LogP contribution in [0.2, 0.25) is 0 Å². The van der Waals surface area contributed by atoms with Gasteiger partial charge in [-0.25, -0.2) is 4.79 Å². The molecule has 0 saturated heterocycles. The summed E-state index contributed by atoms with van der Waals surface area (Å²) in [6.45, 7) is 6.72. The molecule has 0 spiro atoms. The van der Waals surface area contributed by atoms with E-state index in [-0.39, 0.29) is 11.7 Å². The third kappa shape index (κ3) is 5.59. The predicted molar refractivity (Wildman–Crippen MR) is 103 cm³/mol. The minimum Gasteiger partial charge on any atom is -0.338 e. The first-order valence-electron chi connectivity index (χ1n) is 8.54. The summed E-state index contributed by atoms with van der Waals surface area (Å²) >= 11 is 1.24. The Hall–Kier alpha value is -2.35. The Balaban J connectivity index is 1.87. The molecule has 3 amide bonds. The highest BCUT2D eigenvalue weighted by Gasteiger charge is 2.15. The van der Waals surface area contributed by atoms with Gasteiger partial charge in [0.25, 0.3) is 0 Å². The highest BCUT2D eigenvalue weighted by atomic mass is 32.2. The number of urea groups is 1. The van der Waals surface area contributed by atoms with Crippen molar-refractivity contribution in [2.45, 2.75) is 32.3 Å². The Morgan fingerprint density at radius 2 is 1.96 bits per heavy atom. The second-order valence-electron chi connectivity index (χ2n) is 6.46. The number of carbonyl (C=O) groups excluding carboxylic acids is 2. The topological polar surface area (TPSA) is 88.9 Å². The van der Waals surface area contributed by atoms with Gasteiger partial charge in [0.15, 0.2) is 11.0 Å². The molecule has 1 aromatic heterocycles. The lowest BCUT2D eigenvalue weighted by molar-refractivity contribution is -0.117. The Labute approximate surface area is 158 Å². The molecule has 0 aliphatic rings. The summed E-state index contributed by atoms with van der Waals surface area (Å²) < 4.78 is 1.85. The maximum absolute atomic E-state index is 11.9. The molecule has 2 aromatic rings. The largest absolute Gasteiger partial charge is 0.338 e. The number of hydrogen-bond acceptors (Lipinski definition) is 5. The number of nitrogens with one attached hydrogen (secondary N) is 2. The van der Waals surface area contributed by atoms with Crippen LogP contribution in [0.1, 0.15) is 25.8 Å². The molecule has 0 atom stereocenters. The molecular formula is C18H25N5O2S. The van der Waals surface area contributed by atoms with Crippen molar-refractivity contribution in [3.8, 4) is 11.4 Å². The molecule has 0 fully saturated rings. The van der Waals surface area contributed by atoms with Crippen molar-refractivity contribution < 1.29 is 9.59 Å². The second kappa shape index (κ2) is 9.38. The quantitative estimate of drug-likeness (QED) is 0.727. The van der Waals surface area contributed by atoms with Crippen molar-refractivity contribution in [1.29, 1.82) is 0 Å². The van der Waals surface area contributed by atoms with Crippen molar-refractivity contribution >= 4 is 23.7 Å². The molecule has 8 heteroatoms. The average Bonchev–Trinajstić information content (AvgIpc) is 2.93. The molecule has 140 valence electrons. The number of thioether (sulfide) groups is 1. The summed E-state index contributed by atoms with van der Waals surface area (Å²) in [4.78, 5) is 23.6. The first-order valence-corrected chi connectivity index (χ1v) is 9.53. The Kier molecular flexibility index (Phi) is 7.20. The SMILES string of the molecule is Cc1ccccc1-c1nnc(SCC(=O)NC(=O)NCCC(C)C)n1C. The second-order valence-corrected chi connectivity index (χ2v) is 7.40. The molecule has 0 bridgehead atoms. The fourth-order valence-electron chi connectivity index (χ4n) is 2.31. The average molecular weight is 375 g/mol. The van der Waals surface area contributed by atoms with Gasteiger partial charge in [-0.3, -0.25) is 10.1 Å². The highest BCUT2D eigenvalue weighted by Crippen LogP contribution is 2.24. The van der Waals surface area contributed by atoms with Gasteiger partial charge in [-0.1, -0.05) is 49.9 Å². The van der Waals surface area contributed by atoms with E-state index in [9.17, 15) is 9.59 Å². The van der Waals surface area contributed by atoms with Crippen molar-refractivity contribution in [3.05, 3.63) is 29.8 Å². The van der Waals surface area contributed by atoms with Crippen LogP contribution in [0.4, 0.5) is 4.79 Å². The fourth-order valence-corrected chi connectivity index (χ4v) is 3.02. The molecule has 0 saturated carbocycles. The van der Waals surface area contributed by atoms with Gasteiger partial charge < -0.3 is 9.88 Å². The summed E-state index contributed by atoms with van der Waals surface area (Å²) in [5.41, 5.74) is 2.11. The van der Waals surface area contributed by atoms with E-state index in [4.69, 9.17) is 0 Å². The Morgan fingerprint density at radius 1 is 1.23 bits per heavy atom.